The van der Waals surface area contributed by atoms with Gasteiger partial charge in [0.25, 0.3) is 10.0 Å². The Labute approximate surface area is 113 Å². The van der Waals surface area contributed by atoms with Crippen molar-refractivity contribution in [3.05, 3.63) is 40.4 Å². The number of rotatable bonds is 3. The van der Waals surface area contributed by atoms with Crippen molar-refractivity contribution in [2.75, 3.05) is 4.72 Å². The van der Waals surface area contributed by atoms with Crippen molar-refractivity contribution in [2.45, 2.75) is 4.21 Å². The fourth-order valence-corrected chi connectivity index (χ4v) is 3.37. The number of sulfonamides is 1. The van der Waals surface area contributed by atoms with Crippen LogP contribution in [0.1, 0.15) is 4.88 Å². The van der Waals surface area contributed by atoms with Gasteiger partial charge in [0, 0.05) is 6.20 Å². The molecule has 0 aromatic carbocycles. The molecule has 92 valence electrons. The molecule has 2 heterocycles. The summed E-state index contributed by atoms with van der Waals surface area (Å²) in [5, 5.41) is 9.07. The van der Waals surface area contributed by atoms with Crippen LogP contribution in [0.25, 0.3) is 0 Å². The molecule has 1 N–H and O–H groups in total. The average Bonchev–Trinajstić information content (AvgIpc) is 2.81. The van der Waals surface area contributed by atoms with Crippen LogP contribution in [0.5, 0.6) is 0 Å². The Morgan fingerprint density at radius 2 is 2.11 bits per heavy atom. The summed E-state index contributed by atoms with van der Waals surface area (Å²) in [4.78, 5) is 4.17. The molecule has 0 unspecified atom stereocenters. The molecule has 18 heavy (non-hydrogen) atoms. The predicted octanol–water partition coefficient (Wildman–Crippen LogP) is 2.47. The number of halogens is 1. The minimum Gasteiger partial charge on any atom is -0.263 e. The summed E-state index contributed by atoms with van der Waals surface area (Å²) in [5.74, 6) is 0.173. The summed E-state index contributed by atoms with van der Waals surface area (Å²) in [7, 11) is -3.70. The Morgan fingerprint density at radius 1 is 1.33 bits per heavy atom. The van der Waals surface area contributed by atoms with Gasteiger partial charge in [0.2, 0.25) is 0 Å². The van der Waals surface area contributed by atoms with Crippen molar-refractivity contribution in [1.82, 2.24) is 4.98 Å². The predicted molar refractivity (Wildman–Crippen MR) is 69.1 cm³/mol. The highest BCUT2D eigenvalue weighted by atomic mass is 35.5. The second-order valence-electron chi connectivity index (χ2n) is 3.20. The van der Waals surface area contributed by atoms with Crippen LogP contribution in [0.2, 0.25) is 5.02 Å². The van der Waals surface area contributed by atoms with E-state index in [1.54, 1.807) is 0 Å². The number of nitriles is 1. The maximum absolute atomic E-state index is 11.9. The van der Waals surface area contributed by atoms with E-state index in [4.69, 9.17) is 16.9 Å². The summed E-state index contributed by atoms with van der Waals surface area (Å²) >= 11 is 6.55. The van der Waals surface area contributed by atoms with Gasteiger partial charge in [-0.1, -0.05) is 11.6 Å². The third-order valence-corrected chi connectivity index (χ3v) is 4.98. The molecule has 2 aromatic heterocycles. The van der Waals surface area contributed by atoms with Crippen LogP contribution in [0, 0.1) is 11.3 Å². The number of pyridine rings is 1. The van der Waals surface area contributed by atoms with E-state index in [1.165, 1.54) is 30.5 Å². The lowest BCUT2D eigenvalue weighted by atomic mass is 10.5. The summed E-state index contributed by atoms with van der Waals surface area (Å²) in [6.45, 7) is 0. The van der Waals surface area contributed by atoms with E-state index in [-0.39, 0.29) is 10.0 Å². The number of thiophene rings is 1. The minimum absolute atomic E-state index is 0.0656. The standard InChI is InChI=1S/C10H6ClN3O2S2/c11-7-1-3-9(13-6-7)14-18(15,16)10-4-2-8(5-12)17-10/h1-4,6H,(H,13,14). The van der Waals surface area contributed by atoms with Gasteiger partial charge in [-0.25, -0.2) is 13.4 Å². The van der Waals surface area contributed by atoms with Gasteiger partial charge in [-0.3, -0.25) is 4.72 Å². The molecule has 0 atom stereocenters. The quantitative estimate of drug-likeness (QED) is 0.943. The Morgan fingerprint density at radius 3 is 2.67 bits per heavy atom. The zero-order chi connectivity index (χ0) is 13.2. The molecule has 2 aromatic rings. The van der Waals surface area contributed by atoms with Gasteiger partial charge in [-0.15, -0.1) is 11.3 Å². The minimum atomic E-state index is -3.70. The molecule has 0 aliphatic rings. The van der Waals surface area contributed by atoms with Gasteiger partial charge >= 0.3 is 0 Å². The Bertz CT molecular complexity index is 701. The molecule has 5 nitrogen and oxygen atoms in total. The maximum atomic E-state index is 11.9. The molecule has 0 amide bonds. The van der Waals surface area contributed by atoms with Crippen LogP contribution in [0.3, 0.4) is 0 Å². The monoisotopic (exact) mass is 299 g/mol. The van der Waals surface area contributed by atoms with Gasteiger partial charge in [0.05, 0.1) is 5.02 Å². The molecule has 0 aliphatic carbocycles. The third kappa shape index (κ3) is 2.79. The first kappa shape index (κ1) is 12.8. The molecular weight excluding hydrogens is 294 g/mol. The van der Waals surface area contributed by atoms with Crippen LogP contribution < -0.4 is 4.72 Å². The SMILES string of the molecule is N#Cc1ccc(S(=O)(=O)Nc2ccc(Cl)cn2)s1. The van der Waals surface area contributed by atoms with Gasteiger partial charge in [0.1, 0.15) is 21.0 Å². The van der Waals surface area contributed by atoms with Crippen LogP contribution in [0.15, 0.2) is 34.7 Å². The Kier molecular flexibility index (Phi) is 3.52. The van der Waals surface area contributed by atoms with Crippen molar-refractivity contribution in [2.24, 2.45) is 0 Å². The fraction of sp³-hybridized carbons (Fsp3) is 0. The van der Waals surface area contributed by atoms with Gasteiger partial charge in [-0.05, 0) is 24.3 Å². The van der Waals surface area contributed by atoms with Crippen LogP contribution in [-0.2, 0) is 10.0 Å². The fourth-order valence-electron chi connectivity index (χ4n) is 1.15. The topological polar surface area (TPSA) is 82.8 Å². The second-order valence-corrected chi connectivity index (χ2v) is 6.63. The van der Waals surface area contributed by atoms with Gasteiger partial charge in [-0.2, -0.15) is 5.26 Å². The second kappa shape index (κ2) is 4.94. The number of hydrogen-bond acceptors (Lipinski definition) is 5. The molecule has 0 radical (unpaired) electrons. The van der Waals surface area contributed by atoms with Gasteiger partial charge in [0.15, 0.2) is 0 Å². The first-order valence-electron chi connectivity index (χ1n) is 4.65. The summed E-state index contributed by atoms with van der Waals surface area (Å²) < 4.78 is 26.2. The first-order chi connectivity index (χ1) is 8.51. The van der Waals surface area contributed by atoms with Crippen LogP contribution in [-0.4, -0.2) is 13.4 Å². The molecule has 0 aliphatic heterocycles. The lowest BCUT2D eigenvalue weighted by molar-refractivity contribution is 0.603. The van der Waals surface area contributed by atoms with E-state index in [0.717, 1.165) is 11.3 Å². The highest BCUT2D eigenvalue weighted by Gasteiger charge is 2.17. The van der Waals surface area contributed by atoms with Crippen molar-refractivity contribution in [3.8, 4) is 6.07 Å². The lowest BCUT2D eigenvalue weighted by Crippen LogP contribution is -2.12. The van der Waals surface area contributed by atoms with E-state index >= 15 is 0 Å². The highest BCUT2D eigenvalue weighted by Crippen LogP contribution is 2.23. The van der Waals surface area contributed by atoms with Gasteiger partial charge < -0.3 is 0 Å². The van der Waals surface area contributed by atoms with Crippen LogP contribution in [0.4, 0.5) is 5.82 Å². The van der Waals surface area contributed by atoms with E-state index in [2.05, 4.69) is 9.71 Å². The van der Waals surface area contributed by atoms with E-state index in [1.807, 2.05) is 6.07 Å². The normalized spacial score (nSPS) is 10.9. The van der Waals surface area contributed by atoms with Crippen LogP contribution >= 0.6 is 22.9 Å². The molecule has 0 fully saturated rings. The summed E-state index contributed by atoms with van der Waals surface area (Å²) in [5.41, 5.74) is 0. The summed E-state index contributed by atoms with van der Waals surface area (Å²) in [6.07, 6.45) is 1.34. The average molecular weight is 300 g/mol. The van der Waals surface area contributed by atoms with Crippen molar-refractivity contribution in [1.29, 1.82) is 5.26 Å². The molecule has 0 saturated carbocycles. The van der Waals surface area contributed by atoms with Crippen molar-refractivity contribution >= 4 is 38.8 Å². The van der Waals surface area contributed by atoms with E-state index in [0.29, 0.717) is 9.90 Å². The highest BCUT2D eigenvalue weighted by molar-refractivity contribution is 7.94. The first-order valence-corrected chi connectivity index (χ1v) is 7.33. The Balaban J connectivity index is 2.27. The molecule has 2 rings (SSSR count). The number of anilines is 1. The summed E-state index contributed by atoms with van der Waals surface area (Å²) in [6, 6.07) is 7.70. The number of nitrogens with zero attached hydrogens (tertiary/aromatic N) is 2. The van der Waals surface area contributed by atoms with E-state index in [9.17, 15) is 8.42 Å². The zero-order valence-corrected chi connectivity index (χ0v) is 11.2. The number of hydrogen-bond donors (Lipinski definition) is 1. The van der Waals surface area contributed by atoms with Crippen molar-refractivity contribution in [3.63, 3.8) is 0 Å². The molecule has 8 heteroatoms. The zero-order valence-electron chi connectivity index (χ0n) is 8.79. The Hall–Kier alpha value is -1.62. The largest absolute Gasteiger partial charge is 0.272 e. The molecular formula is C10H6ClN3O2S2. The van der Waals surface area contributed by atoms with Crippen molar-refractivity contribution < 1.29 is 8.42 Å². The molecule has 0 bridgehead atoms. The number of aromatic nitrogens is 1. The smallest absolute Gasteiger partial charge is 0.263 e. The molecule has 0 spiro atoms. The van der Waals surface area contributed by atoms with E-state index < -0.39 is 10.0 Å². The number of nitrogens with one attached hydrogen (secondary N) is 1. The molecule has 0 saturated heterocycles. The third-order valence-electron chi connectivity index (χ3n) is 1.92. The lowest BCUT2D eigenvalue weighted by Gasteiger charge is -2.04. The maximum Gasteiger partial charge on any atom is 0.272 e.